The number of methoxy groups -OCH3 is 2. The number of carbonyl (C=O) groups excluding carboxylic acids is 2. The lowest BCUT2D eigenvalue weighted by Crippen LogP contribution is -2.41. The molecule has 1 aromatic carbocycles. The summed E-state index contributed by atoms with van der Waals surface area (Å²) in [6.07, 6.45) is 1.96. The second kappa shape index (κ2) is 8.54. The van der Waals surface area contributed by atoms with Crippen molar-refractivity contribution in [3.63, 3.8) is 0 Å². The molecule has 1 aliphatic rings. The number of rotatable bonds is 7. The normalized spacial score (nSPS) is 17.4. The zero-order chi connectivity index (χ0) is 17.5. The number of carbonyl (C=O) groups is 2. The van der Waals surface area contributed by atoms with Crippen LogP contribution in [-0.2, 0) is 9.59 Å². The van der Waals surface area contributed by atoms with Gasteiger partial charge >= 0.3 is 0 Å². The summed E-state index contributed by atoms with van der Waals surface area (Å²) in [6.45, 7) is 1.08. The van der Waals surface area contributed by atoms with Crippen LogP contribution in [0.25, 0.3) is 0 Å². The molecule has 7 nitrogen and oxygen atoms in total. The summed E-state index contributed by atoms with van der Waals surface area (Å²) in [5.74, 6) is 1.18. The van der Waals surface area contributed by atoms with Crippen LogP contribution in [0.2, 0.25) is 0 Å². The van der Waals surface area contributed by atoms with Crippen molar-refractivity contribution in [2.45, 2.75) is 18.9 Å². The van der Waals surface area contributed by atoms with E-state index >= 15 is 0 Å². The van der Waals surface area contributed by atoms with E-state index in [-0.39, 0.29) is 30.9 Å². The van der Waals surface area contributed by atoms with Crippen molar-refractivity contribution < 1.29 is 19.1 Å². The molecule has 2 N–H and O–H groups in total. The number of hydrogen-bond acceptors (Lipinski definition) is 5. The van der Waals surface area contributed by atoms with Crippen molar-refractivity contribution in [2.24, 2.45) is 0 Å². The minimum Gasteiger partial charge on any atom is -0.497 e. The molecule has 1 fully saturated rings. The van der Waals surface area contributed by atoms with Crippen LogP contribution in [0.15, 0.2) is 18.2 Å². The fourth-order valence-corrected chi connectivity index (χ4v) is 2.98. The molecule has 1 heterocycles. The van der Waals surface area contributed by atoms with Crippen molar-refractivity contribution in [2.75, 3.05) is 40.9 Å². The largest absolute Gasteiger partial charge is 0.497 e. The molecule has 7 heteroatoms. The molecule has 0 radical (unpaired) electrons. The third kappa shape index (κ3) is 4.38. The van der Waals surface area contributed by atoms with E-state index in [1.807, 2.05) is 18.2 Å². The van der Waals surface area contributed by atoms with Gasteiger partial charge in [0.2, 0.25) is 11.8 Å². The zero-order valence-corrected chi connectivity index (χ0v) is 14.4. The highest BCUT2D eigenvalue weighted by molar-refractivity contribution is 5.85. The molecule has 0 unspecified atom stereocenters. The first-order valence-electron chi connectivity index (χ1n) is 8.02. The Morgan fingerprint density at radius 3 is 2.71 bits per heavy atom. The fourth-order valence-electron chi connectivity index (χ4n) is 2.98. The number of nitrogens with zero attached hydrogens (tertiary/aromatic N) is 1. The quantitative estimate of drug-likeness (QED) is 0.767. The van der Waals surface area contributed by atoms with Crippen LogP contribution in [-0.4, -0.2) is 57.6 Å². The average molecular weight is 335 g/mol. The first-order chi connectivity index (χ1) is 11.6. The first-order valence-corrected chi connectivity index (χ1v) is 8.02. The van der Waals surface area contributed by atoms with Gasteiger partial charge in [-0.2, -0.15) is 0 Å². The van der Waals surface area contributed by atoms with Gasteiger partial charge in [-0.25, -0.2) is 0 Å². The Morgan fingerprint density at radius 1 is 1.25 bits per heavy atom. The van der Waals surface area contributed by atoms with Gasteiger partial charge in [0.1, 0.15) is 11.5 Å². The molecule has 1 aromatic rings. The van der Waals surface area contributed by atoms with Crippen molar-refractivity contribution >= 4 is 11.8 Å². The minimum absolute atomic E-state index is 0.00365. The van der Waals surface area contributed by atoms with Gasteiger partial charge in [-0.3, -0.25) is 14.5 Å². The molecule has 0 bridgehead atoms. The maximum absolute atomic E-state index is 12.1. The third-order valence-electron chi connectivity index (χ3n) is 4.23. The zero-order valence-electron chi connectivity index (χ0n) is 14.4. The summed E-state index contributed by atoms with van der Waals surface area (Å²) in [5, 5.41) is 5.11. The van der Waals surface area contributed by atoms with Gasteiger partial charge in [-0.15, -0.1) is 0 Å². The van der Waals surface area contributed by atoms with Gasteiger partial charge in [0.15, 0.2) is 0 Å². The highest BCUT2D eigenvalue weighted by atomic mass is 16.5. The Balaban J connectivity index is 2.07. The Morgan fingerprint density at radius 2 is 2.04 bits per heavy atom. The van der Waals surface area contributed by atoms with Crippen LogP contribution in [0.1, 0.15) is 24.4 Å². The topological polar surface area (TPSA) is 79.9 Å². The van der Waals surface area contributed by atoms with E-state index in [2.05, 4.69) is 15.5 Å². The monoisotopic (exact) mass is 335 g/mol. The SMILES string of the molecule is CNC(=O)CNC(=O)CN1CCC[C@H]1c1cc(OC)ccc1OC. The molecule has 0 aromatic heterocycles. The smallest absolute Gasteiger partial charge is 0.239 e. The summed E-state index contributed by atoms with van der Waals surface area (Å²) in [4.78, 5) is 25.4. The van der Waals surface area contributed by atoms with Gasteiger partial charge in [0.25, 0.3) is 0 Å². The molecule has 1 atom stereocenters. The number of nitrogens with one attached hydrogen (secondary N) is 2. The first kappa shape index (κ1) is 18.1. The van der Waals surface area contributed by atoms with Crippen LogP contribution in [0.4, 0.5) is 0 Å². The Bertz CT molecular complexity index is 591. The van der Waals surface area contributed by atoms with Crippen LogP contribution < -0.4 is 20.1 Å². The van der Waals surface area contributed by atoms with Gasteiger partial charge in [-0.05, 0) is 37.6 Å². The van der Waals surface area contributed by atoms with Crippen LogP contribution in [0, 0.1) is 0 Å². The lowest BCUT2D eigenvalue weighted by atomic mass is 10.0. The molecule has 0 saturated carbocycles. The van der Waals surface area contributed by atoms with Crippen molar-refractivity contribution in [3.8, 4) is 11.5 Å². The molecular weight excluding hydrogens is 310 g/mol. The van der Waals surface area contributed by atoms with Crippen molar-refractivity contribution in [1.82, 2.24) is 15.5 Å². The second-order valence-corrected chi connectivity index (χ2v) is 5.69. The minimum atomic E-state index is -0.212. The standard InChI is InChI=1S/C17H25N3O4/c1-18-16(21)10-19-17(22)11-20-8-4-5-14(20)13-9-12(23-2)6-7-15(13)24-3/h6-7,9,14H,4-5,8,10-11H2,1-3H3,(H,18,21)(H,19,22)/t14-/m0/s1. The summed E-state index contributed by atoms with van der Waals surface area (Å²) >= 11 is 0. The van der Waals surface area contributed by atoms with E-state index in [1.54, 1.807) is 21.3 Å². The van der Waals surface area contributed by atoms with Gasteiger partial charge in [0.05, 0.1) is 27.3 Å². The van der Waals surface area contributed by atoms with Gasteiger partial charge in [0, 0.05) is 18.7 Å². The van der Waals surface area contributed by atoms with E-state index in [9.17, 15) is 9.59 Å². The number of likely N-dealkylation sites (tertiary alicyclic amines) is 1. The number of amides is 2. The molecule has 2 rings (SSSR count). The van der Waals surface area contributed by atoms with E-state index < -0.39 is 0 Å². The van der Waals surface area contributed by atoms with Crippen LogP contribution >= 0.6 is 0 Å². The fraction of sp³-hybridized carbons (Fsp3) is 0.529. The van der Waals surface area contributed by atoms with Crippen molar-refractivity contribution in [3.05, 3.63) is 23.8 Å². The molecule has 2 amide bonds. The lowest BCUT2D eigenvalue weighted by Gasteiger charge is -2.26. The van der Waals surface area contributed by atoms with Crippen LogP contribution in [0.5, 0.6) is 11.5 Å². The van der Waals surface area contributed by atoms with Gasteiger partial charge < -0.3 is 20.1 Å². The second-order valence-electron chi connectivity index (χ2n) is 5.69. The summed E-state index contributed by atoms with van der Waals surface area (Å²) in [6, 6.07) is 5.80. The molecule has 0 spiro atoms. The summed E-state index contributed by atoms with van der Waals surface area (Å²) in [7, 11) is 4.81. The Hall–Kier alpha value is -2.28. The third-order valence-corrected chi connectivity index (χ3v) is 4.23. The maximum Gasteiger partial charge on any atom is 0.239 e. The van der Waals surface area contributed by atoms with E-state index in [4.69, 9.17) is 9.47 Å². The predicted octanol–water partition coefficient (Wildman–Crippen LogP) is 0.703. The highest BCUT2D eigenvalue weighted by Crippen LogP contribution is 2.38. The average Bonchev–Trinajstić information content (AvgIpc) is 3.06. The number of likely N-dealkylation sites (N-methyl/N-ethyl adjacent to an activating group) is 1. The van der Waals surface area contributed by atoms with E-state index in [0.717, 1.165) is 36.4 Å². The van der Waals surface area contributed by atoms with Gasteiger partial charge in [-0.1, -0.05) is 0 Å². The highest BCUT2D eigenvalue weighted by Gasteiger charge is 2.30. The summed E-state index contributed by atoms with van der Waals surface area (Å²) < 4.78 is 10.8. The van der Waals surface area contributed by atoms with Crippen molar-refractivity contribution in [1.29, 1.82) is 0 Å². The molecular formula is C17H25N3O4. The molecule has 1 aliphatic heterocycles. The summed E-state index contributed by atoms with van der Waals surface area (Å²) in [5.41, 5.74) is 1.02. The molecule has 132 valence electrons. The van der Waals surface area contributed by atoms with Crippen LogP contribution in [0.3, 0.4) is 0 Å². The lowest BCUT2D eigenvalue weighted by molar-refractivity contribution is -0.126. The number of ether oxygens (including phenoxy) is 2. The number of benzene rings is 1. The van der Waals surface area contributed by atoms with E-state index in [0.29, 0.717) is 0 Å². The molecule has 24 heavy (non-hydrogen) atoms. The molecule has 1 saturated heterocycles. The predicted molar refractivity (Wildman–Crippen MR) is 90.2 cm³/mol. The Kier molecular flexibility index (Phi) is 6.43. The Labute approximate surface area is 142 Å². The van der Waals surface area contributed by atoms with E-state index in [1.165, 1.54) is 0 Å². The maximum atomic E-state index is 12.1. The number of hydrogen-bond donors (Lipinski definition) is 2. The molecule has 0 aliphatic carbocycles.